The van der Waals surface area contributed by atoms with Crippen LogP contribution in [0.1, 0.15) is 5.69 Å². The molecule has 2 nitrogen and oxygen atoms in total. The number of nitrogens with zero attached hydrogens (tertiary/aromatic N) is 2. The van der Waals surface area contributed by atoms with E-state index in [-0.39, 0.29) is 0 Å². The number of halogens is 4. The smallest absolute Gasteiger partial charge is 0.233 e. The summed E-state index contributed by atoms with van der Waals surface area (Å²) in [5.41, 5.74) is -1.16. The summed E-state index contributed by atoms with van der Waals surface area (Å²) in [6, 6.07) is 0. The Morgan fingerprint density at radius 1 is 1.45 bits per heavy atom. The molecule has 1 aromatic rings. The molecule has 0 aliphatic rings. The fourth-order valence-electron chi connectivity index (χ4n) is 0.479. The number of hydrogen-bond donors (Lipinski definition) is 0. The van der Waals surface area contributed by atoms with Gasteiger partial charge in [0.25, 0.3) is 0 Å². The third-order valence-electron chi connectivity index (χ3n) is 0.884. The summed E-state index contributed by atoms with van der Waals surface area (Å²) in [4.78, 5) is 6.14. The molecule has 0 spiro atoms. The maximum Gasteiger partial charge on any atom is 0.434 e. The van der Waals surface area contributed by atoms with Crippen LogP contribution in [0, 0.1) is 6.20 Å². The molecule has 0 aliphatic heterocycles. The van der Waals surface area contributed by atoms with Crippen molar-refractivity contribution < 1.29 is 13.2 Å². The Morgan fingerprint density at radius 3 is 2.45 bits per heavy atom. The maximum atomic E-state index is 11.9. The van der Waals surface area contributed by atoms with Crippen LogP contribution in [-0.4, -0.2) is 9.97 Å². The Bertz CT molecular complexity index is 260. The summed E-state index contributed by atoms with van der Waals surface area (Å²) < 4.78 is 35.6. The van der Waals surface area contributed by atoms with Crippen LogP contribution in [0.5, 0.6) is 0 Å². The zero-order valence-corrected chi connectivity index (χ0v) is 5.74. The van der Waals surface area contributed by atoms with Gasteiger partial charge in [0, 0.05) is 0 Å². The summed E-state index contributed by atoms with van der Waals surface area (Å²) in [5, 5.41) is -0.611. The lowest BCUT2D eigenvalue weighted by Crippen LogP contribution is -2.08. The summed E-state index contributed by atoms with van der Waals surface area (Å²) in [6.07, 6.45) is -1.85. The maximum absolute atomic E-state index is 11.9. The fraction of sp³-hybridized carbons (Fsp3) is 0.200. The zero-order valence-electron chi connectivity index (χ0n) is 4.98. The van der Waals surface area contributed by atoms with E-state index < -0.39 is 16.9 Å². The first-order chi connectivity index (χ1) is 5.02. The molecule has 0 unspecified atom stereocenters. The van der Waals surface area contributed by atoms with Gasteiger partial charge < -0.3 is 0 Å². The van der Waals surface area contributed by atoms with Crippen LogP contribution in [-0.2, 0) is 6.18 Å². The fourth-order valence-corrected chi connectivity index (χ4v) is 0.684. The van der Waals surface area contributed by atoms with Gasteiger partial charge in [0.2, 0.25) is 0 Å². The van der Waals surface area contributed by atoms with Gasteiger partial charge >= 0.3 is 6.18 Å². The number of alkyl halides is 3. The van der Waals surface area contributed by atoms with E-state index in [2.05, 4.69) is 9.97 Å². The van der Waals surface area contributed by atoms with Crippen molar-refractivity contribution in [3.63, 3.8) is 0 Å². The molecular weight excluding hydrogens is 181 g/mol. The van der Waals surface area contributed by atoms with Crippen molar-refractivity contribution in [2.75, 3.05) is 0 Å². The first-order valence-electron chi connectivity index (χ1n) is 2.47. The number of aromatic nitrogens is 2. The van der Waals surface area contributed by atoms with Gasteiger partial charge in [-0.15, -0.1) is 0 Å². The third-order valence-corrected chi connectivity index (χ3v) is 1.15. The predicted molar refractivity (Wildman–Crippen MR) is 30.9 cm³/mol. The van der Waals surface area contributed by atoms with Crippen LogP contribution >= 0.6 is 11.6 Å². The van der Waals surface area contributed by atoms with Gasteiger partial charge in [-0.3, -0.25) is 0 Å². The highest BCUT2D eigenvalue weighted by Crippen LogP contribution is 2.31. The van der Waals surface area contributed by atoms with Crippen molar-refractivity contribution in [3.05, 3.63) is 23.2 Å². The van der Waals surface area contributed by atoms with Gasteiger partial charge in [-0.1, -0.05) is 11.6 Å². The molecular formula is C5HClF3N2. The van der Waals surface area contributed by atoms with Crippen molar-refractivity contribution >= 4 is 11.6 Å². The average molecular weight is 182 g/mol. The molecule has 11 heavy (non-hydrogen) atoms. The minimum Gasteiger partial charge on any atom is -0.233 e. The first-order valence-corrected chi connectivity index (χ1v) is 2.85. The van der Waals surface area contributed by atoms with Crippen LogP contribution in [0.3, 0.4) is 0 Å². The van der Waals surface area contributed by atoms with Crippen LogP contribution < -0.4 is 0 Å². The lowest BCUT2D eigenvalue weighted by Gasteiger charge is -2.04. The summed E-state index contributed by atoms with van der Waals surface area (Å²) in [7, 11) is 0. The van der Waals surface area contributed by atoms with Gasteiger partial charge in [0.1, 0.15) is 12.5 Å². The van der Waals surface area contributed by atoms with E-state index in [0.29, 0.717) is 0 Å². The number of hydrogen-bond acceptors (Lipinski definition) is 2. The van der Waals surface area contributed by atoms with Gasteiger partial charge in [-0.25, -0.2) is 9.97 Å². The van der Waals surface area contributed by atoms with E-state index in [1.165, 1.54) is 0 Å². The zero-order chi connectivity index (χ0) is 8.48. The molecule has 0 saturated carbocycles. The quantitative estimate of drug-likeness (QED) is 0.611. The molecule has 1 heterocycles. The molecule has 1 aromatic heterocycles. The standard InChI is InChI=1S/C5HClF3N2/c6-3-1-10-2-11-4(3)5(7,8)9/h2H. The Kier molecular flexibility index (Phi) is 1.99. The molecule has 6 heteroatoms. The van der Waals surface area contributed by atoms with E-state index >= 15 is 0 Å². The summed E-state index contributed by atoms with van der Waals surface area (Å²) in [5.74, 6) is 0. The van der Waals surface area contributed by atoms with Crippen molar-refractivity contribution in [2.45, 2.75) is 6.18 Å². The minimum atomic E-state index is -4.53. The topological polar surface area (TPSA) is 25.8 Å². The Balaban J connectivity index is 3.14. The Morgan fingerprint density at radius 2 is 2.09 bits per heavy atom. The highest BCUT2D eigenvalue weighted by Gasteiger charge is 2.35. The molecule has 0 fully saturated rings. The molecule has 1 rings (SSSR count). The molecule has 59 valence electrons. The van der Waals surface area contributed by atoms with Crippen molar-refractivity contribution in [2.24, 2.45) is 0 Å². The molecule has 1 radical (unpaired) electrons. The van der Waals surface area contributed by atoms with Crippen LogP contribution in [0.15, 0.2) is 6.33 Å². The van der Waals surface area contributed by atoms with Gasteiger partial charge in [0.15, 0.2) is 5.69 Å². The Hall–Kier alpha value is -0.840. The molecule has 0 atom stereocenters. The van der Waals surface area contributed by atoms with Crippen LogP contribution in [0.2, 0.25) is 5.02 Å². The number of rotatable bonds is 0. The van der Waals surface area contributed by atoms with Gasteiger partial charge in [-0.2, -0.15) is 13.2 Å². The normalized spacial score (nSPS) is 11.6. The van der Waals surface area contributed by atoms with Crippen LogP contribution in [0.25, 0.3) is 0 Å². The van der Waals surface area contributed by atoms with Crippen molar-refractivity contribution in [1.29, 1.82) is 0 Å². The minimum absolute atomic E-state index is 0.611. The largest absolute Gasteiger partial charge is 0.434 e. The van der Waals surface area contributed by atoms with Crippen LogP contribution in [0.4, 0.5) is 13.2 Å². The third kappa shape index (κ3) is 1.80. The second kappa shape index (κ2) is 2.65. The molecule has 0 amide bonds. The highest BCUT2D eigenvalue weighted by atomic mass is 35.5. The molecule has 0 N–H and O–H groups in total. The van der Waals surface area contributed by atoms with E-state index in [1.807, 2.05) is 6.20 Å². The molecule has 0 aromatic carbocycles. The second-order valence-corrected chi connectivity index (χ2v) is 2.02. The monoisotopic (exact) mass is 181 g/mol. The van der Waals surface area contributed by atoms with Gasteiger partial charge in [-0.05, 0) is 0 Å². The molecule has 0 saturated heterocycles. The van der Waals surface area contributed by atoms with E-state index in [0.717, 1.165) is 6.33 Å². The van der Waals surface area contributed by atoms with Gasteiger partial charge in [0.05, 0.1) is 5.02 Å². The SMILES string of the molecule is FC(F)(F)c1ncn[c]c1Cl. The molecule has 0 bridgehead atoms. The van der Waals surface area contributed by atoms with Crippen molar-refractivity contribution in [1.82, 2.24) is 9.97 Å². The summed E-state index contributed by atoms with van der Waals surface area (Å²) in [6.45, 7) is 0. The van der Waals surface area contributed by atoms with E-state index in [9.17, 15) is 13.2 Å². The molecule has 0 aliphatic carbocycles. The lowest BCUT2D eigenvalue weighted by molar-refractivity contribution is -0.141. The van der Waals surface area contributed by atoms with Crippen molar-refractivity contribution in [3.8, 4) is 0 Å². The van der Waals surface area contributed by atoms with E-state index in [4.69, 9.17) is 11.6 Å². The van der Waals surface area contributed by atoms with E-state index in [1.54, 1.807) is 0 Å². The average Bonchev–Trinajstić information content (AvgIpc) is 1.86. The first kappa shape index (κ1) is 8.26. The summed E-state index contributed by atoms with van der Waals surface area (Å²) >= 11 is 5.11. The highest BCUT2D eigenvalue weighted by molar-refractivity contribution is 6.30. The predicted octanol–water partition coefficient (Wildman–Crippen LogP) is 1.95. The Labute approximate surface area is 65.0 Å². The lowest BCUT2D eigenvalue weighted by atomic mass is 10.4. The second-order valence-electron chi connectivity index (χ2n) is 1.65.